The highest BCUT2D eigenvalue weighted by molar-refractivity contribution is 6.05. The van der Waals surface area contributed by atoms with Gasteiger partial charge in [0, 0.05) is 17.8 Å². The molecule has 3 rings (SSSR count). The summed E-state index contributed by atoms with van der Waals surface area (Å²) in [7, 11) is 0. The fourth-order valence-corrected chi connectivity index (χ4v) is 2.65. The van der Waals surface area contributed by atoms with Gasteiger partial charge in [-0.1, -0.05) is 30.3 Å². The molecular formula is C17H18N2O. The molecule has 0 aromatic heterocycles. The largest absolute Gasteiger partial charge is 0.322 e. The van der Waals surface area contributed by atoms with Gasteiger partial charge in [0.05, 0.1) is 0 Å². The van der Waals surface area contributed by atoms with Crippen molar-refractivity contribution in [3.8, 4) is 0 Å². The Morgan fingerprint density at radius 2 is 2.00 bits per heavy atom. The third-order valence-corrected chi connectivity index (χ3v) is 3.78. The number of carbonyl (C=O) groups is 1. The molecule has 102 valence electrons. The van der Waals surface area contributed by atoms with E-state index in [9.17, 15) is 4.79 Å². The number of aryl methyl sites for hydroxylation is 1. The molecule has 0 atom stereocenters. The van der Waals surface area contributed by atoms with Gasteiger partial charge in [0.2, 0.25) is 0 Å². The van der Waals surface area contributed by atoms with Gasteiger partial charge in [0.15, 0.2) is 0 Å². The molecule has 1 amide bonds. The van der Waals surface area contributed by atoms with Gasteiger partial charge in [-0.3, -0.25) is 4.79 Å². The molecule has 1 aliphatic heterocycles. The lowest BCUT2D eigenvalue weighted by atomic mass is 9.99. The number of hydrogen-bond acceptors (Lipinski definition) is 2. The average Bonchev–Trinajstić information content (AvgIpc) is 2.48. The molecule has 0 aliphatic carbocycles. The van der Waals surface area contributed by atoms with Crippen LogP contribution < -0.4 is 10.6 Å². The van der Waals surface area contributed by atoms with E-state index in [1.54, 1.807) is 0 Å². The Morgan fingerprint density at radius 3 is 2.85 bits per heavy atom. The molecule has 2 N–H and O–H groups in total. The van der Waals surface area contributed by atoms with E-state index in [0.29, 0.717) is 0 Å². The van der Waals surface area contributed by atoms with Gasteiger partial charge in [-0.15, -0.1) is 0 Å². The van der Waals surface area contributed by atoms with Crippen LogP contribution in [0, 0.1) is 6.92 Å². The molecule has 20 heavy (non-hydrogen) atoms. The van der Waals surface area contributed by atoms with Crippen molar-refractivity contribution in [3.63, 3.8) is 0 Å². The van der Waals surface area contributed by atoms with E-state index >= 15 is 0 Å². The van der Waals surface area contributed by atoms with Crippen LogP contribution in [0.3, 0.4) is 0 Å². The minimum atomic E-state index is -0.0397. The van der Waals surface area contributed by atoms with Crippen LogP contribution in [0.15, 0.2) is 42.5 Å². The van der Waals surface area contributed by atoms with Crippen molar-refractivity contribution in [2.75, 3.05) is 11.9 Å². The molecule has 0 bridgehead atoms. The minimum Gasteiger partial charge on any atom is -0.322 e. The molecule has 2 aromatic carbocycles. The van der Waals surface area contributed by atoms with Crippen molar-refractivity contribution in [1.29, 1.82) is 0 Å². The second-order valence-electron chi connectivity index (χ2n) is 5.14. The smallest absolute Gasteiger partial charge is 0.255 e. The molecule has 0 fully saturated rings. The van der Waals surface area contributed by atoms with Crippen molar-refractivity contribution in [2.45, 2.75) is 19.9 Å². The zero-order valence-electron chi connectivity index (χ0n) is 11.6. The number of amides is 1. The monoisotopic (exact) mass is 266 g/mol. The van der Waals surface area contributed by atoms with Crippen LogP contribution in [0.25, 0.3) is 0 Å². The highest BCUT2D eigenvalue weighted by Crippen LogP contribution is 2.23. The quantitative estimate of drug-likeness (QED) is 0.877. The van der Waals surface area contributed by atoms with E-state index in [-0.39, 0.29) is 5.91 Å². The van der Waals surface area contributed by atoms with Crippen LogP contribution in [-0.4, -0.2) is 12.5 Å². The Hall–Kier alpha value is -2.13. The van der Waals surface area contributed by atoms with Gasteiger partial charge in [0.1, 0.15) is 0 Å². The summed E-state index contributed by atoms with van der Waals surface area (Å²) < 4.78 is 0. The topological polar surface area (TPSA) is 41.1 Å². The third-order valence-electron chi connectivity index (χ3n) is 3.78. The van der Waals surface area contributed by atoms with Crippen LogP contribution in [0.4, 0.5) is 5.69 Å². The third kappa shape index (κ3) is 2.45. The lowest BCUT2D eigenvalue weighted by Crippen LogP contribution is -2.25. The highest BCUT2D eigenvalue weighted by Gasteiger charge is 2.15. The molecule has 0 saturated heterocycles. The molecule has 3 nitrogen and oxygen atoms in total. The van der Waals surface area contributed by atoms with Gasteiger partial charge in [-0.05, 0) is 48.7 Å². The first-order valence-corrected chi connectivity index (χ1v) is 6.94. The maximum Gasteiger partial charge on any atom is 0.255 e. The molecular weight excluding hydrogens is 248 g/mol. The number of hydrogen-bond donors (Lipinski definition) is 2. The first-order chi connectivity index (χ1) is 9.75. The molecule has 0 spiro atoms. The highest BCUT2D eigenvalue weighted by atomic mass is 16.1. The first kappa shape index (κ1) is 12.9. The number of anilines is 1. The first-order valence-electron chi connectivity index (χ1n) is 6.94. The van der Waals surface area contributed by atoms with Gasteiger partial charge in [0.25, 0.3) is 5.91 Å². The van der Waals surface area contributed by atoms with Crippen LogP contribution in [0.2, 0.25) is 0 Å². The summed E-state index contributed by atoms with van der Waals surface area (Å²) in [6.45, 7) is 3.78. The fourth-order valence-electron chi connectivity index (χ4n) is 2.65. The van der Waals surface area contributed by atoms with Crippen molar-refractivity contribution < 1.29 is 4.79 Å². The summed E-state index contributed by atoms with van der Waals surface area (Å²) in [5.41, 5.74) is 5.18. The molecule has 0 radical (unpaired) electrons. The minimum absolute atomic E-state index is 0.0397. The molecule has 0 saturated carbocycles. The number of rotatable bonds is 2. The second kappa shape index (κ2) is 5.47. The summed E-state index contributed by atoms with van der Waals surface area (Å²) in [6, 6.07) is 13.8. The molecule has 0 unspecified atom stereocenters. The van der Waals surface area contributed by atoms with Gasteiger partial charge < -0.3 is 10.6 Å². The van der Waals surface area contributed by atoms with E-state index in [1.807, 2.05) is 43.3 Å². The predicted octanol–water partition coefficient (Wildman–Crippen LogP) is 2.89. The van der Waals surface area contributed by atoms with Crippen LogP contribution in [-0.2, 0) is 13.0 Å². The molecule has 1 aliphatic rings. The Morgan fingerprint density at radius 1 is 1.15 bits per heavy atom. The predicted molar refractivity (Wildman–Crippen MR) is 81.0 cm³/mol. The summed E-state index contributed by atoms with van der Waals surface area (Å²) in [5.74, 6) is -0.0397. The SMILES string of the molecule is Cc1ccccc1C(=O)Nc1cccc2c1CNCC2. The normalized spacial score (nSPS) is 13.7. The molecule has 1 heterocycles. The van der Waals surface area contributed by atoms with E-state index in [0.717, 1.165) is 36.3 Å². The van der Waals surface area contributed by atoms with Crippen LogP contribution in [0.5, 0.6) is 0 Å². The standard InChI is InChI=1S/C17H18N2O/c1-12-5-2-3-7-14(12)17(20)19-16-8-4-6-13-9-10-18-11-15(13)16/h2-8,18H,9-11H2,1H3,(H,19,20). The number of nitrogens with one attached hydrogen (secondary N) is 2. The van der Waals surface area contributed by atoms with Gasteiger partial charge >= 0.3 is 0 Å². The number of benzene rings is 2. The number of fused-ring (bicyclic) bond motifs is 1. The van der Waals surface area contributed by atoms with E-state index in [2.05, 4.69) is 16.7 Å². The Kier molecular flexibility index (Phi) is 3.52. The maximum absolute atomic E-state index is 12.4. The van der Waals surface area contributed by atoms with E-state index in [4.69, 9.17) is 0 Å². The average molecular weight is 266 g/mol. The van der Waals surface area contributed by atoms with Crippen LogP contribution in [0.1, 0.15) is 27.0 Å². The second-order valence-corrected chi connectivity index (χ2v) is 5.14. The van der Waals surface area contributed by atoms with Gasteiger partial charge in [-0.25, -0.2) is 0 Å². The van der Waals surface area contributed by atoms with Gasteiger partial charge in [-0.2, -0.15) is 0 Å². The van der Waals surface area contributed by atoms with Crippen molar-refractivity contribution in [2.24, 2.45) is 0 Å². The maximum atomic E-state index is 12.4. The van der Waals surface area contributed by atoms with Crippen molar-refractivity contribution in [3.05, 3.63) is 64.7 Å². The Bertz CT molecular complexity index is 649. The molecule has 2 aromatic rings. The summed E-state index contributed by atoms with van der Waals surface area (Å²) in [6.07, 6.45) is 1.02. The summed E-state index contributed by atoms with van der Waals surface area (Å²) >= 11 is 0. The van der Waals surface area contributed by atoms with Crippen molar-refractivity contribution >= 4 is 11.6 Å². The lowest BCUT2D eigenvalue weighted by Gasteiger charge is -2.20. The molecule has 3 heteroatoms. The zero-order valence-corrected chi connectivity index (χ0v) is 11.6. The van der Waals surface area contributed by atoms with E-state index in [1.165, 1.54) is 11.1 Å². The lowest BCUT2D eigenvalue weighted by molar-refractivity contribution is 0.102. The Labute approximate surface area is 119 Å². The summed E-state index contributed by atoms with van der Waals surface area (Å²) in [5, 5.41) is 6.40. The summed E-state index contributed by atoms with van der Waals surface area (Å²) in [4.78, 5) is 12.4. The van der Waals surface area contributed by atoms with Crippen molar-refractivity contribution in [1.82, 2.24) is 5.32 Å². The number of carbonyl (C=O) groups excluding carboxylic acids is 1. The van der Waals surface area contributed by atoms with E-state index < -0.39 is 0 Å². The zero-order chi connectivity index (χ0) is 13.9. The Balaban J connectivity index is 1.89. The van der Waals surface area contributed by atoms with Crippen LogP contribution >= 0.6 is 0 Å². The fraction of sp³-hybridized carbons (Fsp3) is 0.235.